The molecule has 0 aliphatic carbocycles. The number of nitrogens with zero attached hydrogens (tertiary/aromatic N) is 3. The molecule has 1 saturated heterocycles. The number of rotatable bonds is 5. The first-order chi connectivity index (χ1) is 9.11. The Balaban J connectivity index is 1.95. The van der Waals surface area contributed by atoms with E-state index in [1.54, 1.807) is 0 Å². The normalized spacial score (nSPS) is 25.1. The second-order valence-electron chi connectivity index (χ2n) is 6.02. The van der Waals surface area contributed by atoms with E-state index in [2.05, 4.69) is 42.2 Å². The molecule has 0 aromatic carbocycles. The third-order valence-electron chi connectivity index (χ3n) is 4.38. The quantitative estimate of drug-likeness (QED) is 0.878. The Labute approximate surface area is 117 Å². The summed E-state index contributed by atoms with van der Waals surface area (Å²) >= 11 is 0. The zero-order valence-electron chi connectivity index (χ0n) is 12.8. The zero-order chi connectivity index (χ0) is 13.8. The molecule has 1 aromatic rings. The van der Waals surface area contributed by atoms with Gasteiger partial charge in [-0.15, -0.1) is 0 Å². The SMILES string of the molecule is CCC1CN(CCc2ccnn2C)C(C(C)C)CN1. The fourth-order valence-corrected chi connectivity index (χ4v) is 2.99. The molecule has 2 heterocycles. The summed E-state index contributed by atoms with van der Waals surface area (Å²) in [6.45, 7) is 10.4. The lowest BCUT2D eigenvalue weighted by molar-refractivity contribution is 0.0980. The minimum Gasteiger partial charge on any atom is -0.311 e. The lowest BCUT2D eigenvalue weighted by Crippen LogP contribution is -2.58. The minimum absolute atomic E-state index is 0.654. The highest BCUT2D eigenvalue weighted by Gasteiger charge is 2.28. The first-order valence-electron chi connectivity index (χ1n) is 7.56. The van der Waals surface area contributed by atoms with Gasteiger partial charge in [0.05, 0.1) is 0 Å². The van der Waals surface area contributed by atoms with E-state index >= 15 is 0 Å². The minimum atomic E-state index is 0.654. The number of hydrogen-bond donors (Lipinski definition) is 1. The molecule has 0 saturated carbocycles. The summed E-state index contributed by atoms with van der Waals surface area (Å²) in [4.78, 5) is 2.67. The third-order valence-corrected chi connectivity index (χ3v) is 4.38. The predicted molar refractivity (Wildman–Crippen MR) is 79.2 cm³/mol. The molecule has 1 fully saturated rings. The van der Waals surface area contributed by atoms with Crippen molar-refractivity contribution < 1.29 is 0 Å². The molecular weight excluding hydrogens is 236 g/mol. The van der Waals surface area contributed by atoms with Gasteiger partial charge in [-0.05, 0) is 18.4 Å². The van der Waals surface area contributed by atoms with E-state index in [1.807, 2.05) is 17.9 Å². The fraction of sp³-hybridized carbons (Fsp3) is 0.800. The summed E-state index contributed by atoms with van der Waals surface area (Å²) in [6, 6.07) is 3.45. The molecule has 1 aliphatic heterocycles. The second-order valence-corrected chi connectivity index (χ2v) is 6.02. The lowest BCUT2D eigenvalue weighted by Gasteiger charge is -2.42. The van der Waals surface area contributed by atoms with Crippen molar-refractivity contribution in [1.29, 1.82) is 0 Å². The average Bonchev–Trinajstić information content (AvgIpc) is 2.81. The van der Waals surface area contributed by atoms with Crippen LogP contribution in [0.3, 0.4) is 0 Å². The monoisotopic (exact) mass is 264 g/mol. The van der Waals surface area contributed by atoms with Crippen molar-refractivity contribution in [1.82, 2.24) is 20.0 Å². The van der Waals surface area contributed by atoms with Crippen molar-refractivity contribution in [2.45, 2.75) is 45.7 Å². The molecule has 2 rings (SSSR count). The van der Waals surface area contributed by atoms with E-state index in [0.717, 1.165) is 19.5 Å². The molecule has 108 valence electrons. The number of aryl methyl sites for hydroxylation is 1. The van der Waals surface area contributed by atoms with Crippen molar-refractivity contribution in [3.63, 3.8) is 0 Å². The lowest BCUT2D eigenvalue weighted by atomic mass is 9.97. The molecule has 2 atom stereocenters. The van der Waals surface area contributed by atoms with Crippen LogP contribution in [0.15, 0.2) is 12.3 Å². The van der Waals surface area contributed by atoms with Gasteiger partial charge >= 0.3 is 0 Å². The Morgan fingerprint density at radius 2 is 2.26 bits per heavy atom. The largest absolute Gasteiger partial charge is 0.311 e. The van der Waals surface area contributed by atoms with Crippen molar-refractivity contribution in [3.8, 4) is 0 Å². The Kier molecular flexibility index (Phi) is 4.99. The van der Waals surface area contributed by atoms with Gasteiger partial charge < -0.3 is 5.32 Å². The van der Waals surface area contributed by atoms with Gasteiger partial charge in [-0.3, -0.25) is 9.58 Å². The molecule has 19 heavy (non-hydrogen) atoms. The molecule has 0 spiro atoms. The van der Waals surface area contributed by atoms with E-state index in [4.69, 9.17) is 0 Å². The second kappa shape index (κ2) is 6.53. The van der Waals surface area contributed by atoms with Crippen LogP contribution in [0.1, 0.15) is 32.9 Å². The van der Waals surface area contributed by atoms with Crippen LogP contribution in [-0.2, 0) is 13.5 Å². The van der Waals surface area contributed by atoms with Gasteiger partial charge in [0.15, 0.2) is 0 Å². The first kappa shape index (κ1) is 14.5. The van der Waals surface area contributed by atoms with E-state index in [-0.39, 0.29) is 0 Å². The van der Waals surface area contributed by atoms with Crippen LogP contribution in [-0.4, -0.2) is 46.4 Å². The molecule has 0 bridgehead atoms. The highest BCUT2D eigenvalue weighted by Crippen LogP contribution is 2.17. The van der Waals surface area contributed by atoms with Crippen LogP contribution in [0.25, 0.3) is 0 Å². The van der Waals surface area contributed by atoms with Crippen LogP contribution in [0.5, 0.6) is 0 Å². The van der Waals surface area contributed by atoms with Gasteiger partial charge in [-0.25, -0.2) is 0 Å². The summed E-state index contributed by atoms with van der Waals surface area (Å²) < 4.78 is 1.99. The number of nitrogens with one attached hydrogen (secondary N) is 1. The van der Waals surface area contributed by atoms with Crippen LogP contribution in [0.2, 0.25) is 0 Å². The van der Waals surface area contributed by atoms with Crippen LogP contribution >= 0.6 is 0 Å². The molecule has 1 N–H and O–H groups in total. The van der Waals surface area contributed by atoms with Crippen molar-refractivity contribution >= 4 is 0 Å². The van der Waals surface area contributed by atoms with Crippen molar-refractivity contribution in [3.05, 3.63) is 18.0 Å². The summed E-state index contributed by atoms with van der Waals surface area (Å²) in [5.41, 5.74) is 1.33. The number of aromatic nitrogens is 2. The molecular formula is C15H28N4. The van der Waals surface area contributed by atoms with Gasteiger partial charge in [0.2, 0.25) is 0 Å². The third kappa shape index (κ3) is 3.57. The maximum absolute atomic E-state index is 4.25. The van der Waals surface area contributed by atoms with Crippen molar-refractivity contribution in [2.75, 3.05) is 19.6 Å². The molecule has 0 amide bonds. The van der Waals surface area contributed by atoms with E-state index in [9.17, 15) is 0 Å². The first-order valence-corrected chi connectivity index (χ1v) is 7.56. The molecule has 2 unspecified atom stereocenters. The average molecular weight is 264 g/mol. The standard InChI is InChI=1S/C15H28N4/c1-5-13-11-19(15(10-16-13)12(2)3)9-7-14-6-8-17-18(14)4/h6,8,12-13,15-16H,5,7,9-11H2,1-4H3. The highest BCUT2D eigenvalue weighted by molar-refractivity contribution is 5.01. The fourth-order valence-electron chi connectivity index (χ4n) is 2.99. The van der Waals surface area contributed by atoms with Gasteiger partial charge in [-0.1, -0.05) is 20.8 Å². The Morgan fingerprint density at radius 3 is 2.84 bits per heavy atom. The molecule has 4 nitrogen and oxygen atoms in total. The summed E-state index contributed by atoms with van der Waals surface area (Å²) in [7, 11) is 2.03. The molecule has 0 radical (unpaired) electrons. The van der Waals surface area contributed by atoms with Gasteiger partial charge in [0, 0.05) is 57.1 Å². The topological polar surface area (TPSA) is 33.1 Å². The van der Waals surface area contributed by atoms with Crippen LogP contribution < -0.4 is 5.32 Å². The molecule has 1 aromatic heterocycles. The summed E-state index contributed by atoms with van der Waals surface area (Å²) in [5, 5.41) is 7.93. The maximum atomic E-state index is 4.25. The van der Waals surface area contributed by atoms with Crippen LogP contribution in [0.4, 0.5) is 0 Å². The van der Waals surface area contributed by atoms with E-state index in [1.165, 1.54) is 18.7 Å². The molecule has 4 heteroatoms. The van der Waals surface area contributed by atoms with E-state index < -0.39 is 0 Å². The van der Waals surface area contributed by atoms with Crippen molar-refractivity contribution in [2.24, 2.45) is 13.0 Å². The number of hydrogen-bond acceptors (Lipinski definition) is 3. The predicted octanol–water partition coefficient (Wildman–Crippen LogP) is 1.67. The molecule has 1 aliphatic rings. The zero-order valence-corrected chi connectivity index (χ0v) is 12.8. The maximum Gasteiger partial charge on any atom is 0.0492 e. The smallest absolute Gasteiger partial charge is 0.0492 e. The number of piperazine rings is 1. The Hall–Kier alpha value is -0.870. The summed E-state index contributed by atoms with van der Waals surface area (Å²) in [6.07, 6.45) is 4.20. The Morgan fingerprint density at radius 1 is 1.47 bits per heavy atom. The summed E-state index contributed by atoms with van der Waals surface area (Å²) in [5.74, 6) is 0.705. The highest BCUT2D eigenvalue weighted by atomic mass is 15.3. The van der Waals surface area contributed by atoms with E-state index in [0.29, 0.717) is 18.0 Å². The van der Waals surface area contributed by atoms with Gasteiger partial charge in [0.25, 0.3) is 0 Å². The Bertz CT molecular complexity index is 385. The van der Waals surface area contributed by atoms with Crippen LogP contribution in [0, 0.1) is 5.92 Å². The van der Waals surface area contributed by atoms with Gasteiger partial charge in [-0.2, -0.15) is 5.10 Å². The van der Waals surface area contributed by atoms with Gasteiger partial charge in [0.1, 0.15) is 0 Å².